The average molecular weight is 336 g/mol. The zero-order valence-corrected chi connectivity index (χ0v) is 14.3. The lowest BCUT2D eigenvalue weighted by Crippen LogP contribution is -2.15. The van der Waals surface area contributed by atoms with E-state index in [0.29, 0.717) is 6.61 Å². The van der Waals surface area contributed by atoms with Gasteiger partial charge in [0.05, 0.1) is 5.69 Å². The third kappa shape index (κ3) is 3.21. The standard InChI is InChI=1S/C20H20N2OS/c21-17-7-4-8-18-20(17)24-19(22-18)13-23-16-11-9-15(10-12-16)14-5-2-1-3-6-14/h1-3,5-6,9-12,17H,4,7-8,13,21H2. The minimum atomic E-state index is 0.158. The lowest BCUT2D eigenvalue weighted by molar-refractivity contribution is 0.305. The Kier molecular flexibility index (Phi) is 4.32. The average Bonchev–Trinajstić information content (AvgIpc) is 3.06. The first-order valence-corrected chi connectivity index (χ1v) is 9.13. The first-order valence-electron chi connectivity index (χ1n) is 8.32. The predicted molar refractivity (Wildman–Crippen MR) is 98.2 cm³/mol. The summed E-state index contributed by atoms with van der Waals surface area (Å²) in [7, 11) is 0. The van der Waals surface area contributed by atoms with Crippen LogP contribution in [0.1, 0.15) is 34.5 Å². The monoisotopic (exact) mass is 336 g/mol. The molecule has 1 heterocycles. The summed E-state index contributed by atoms with van der Waals surface area (Å²) >= 11 is 1.70. The lowest BCUT2D eigenvalue weighted by atomic mass is 9.99. The molecule has 0 fully saturated rings. The summed E-state index contributed by atoms with van der Waals surface area (Å²) in [4.78, 5) is 5.94. The van der Waals surface area contributed by atoms with E-state index in [1.165, 1.54) is 21.7 Å². The van der Waals surface area contributed by atoms with E-state index in [2.05, 4.69) is 36.4 Å². The molecule has 24 heavy (non-hydrogen) atoms. The van der Waals surface area contributed by atoms with Crippen LogP contribution in [0.5, 0.6) is 5.75 Å². The second-order valence-corrected chi connectivity index (χ2v) is 7.21. The summed E-state index contributed by atoms with van der Waals surface area (Å²) in [6, 6.07) is 18.7. The van der Waals surface area contributed by atoms with Crippen molar-refractivity contribution in [3.8, 4) is 16.9 Å². The number of nitrogens with zero attached hydrogens (tertiary/aromatic N) is 1. The Bertz CT molecular complexity index is 811. The molecule has 3 nitrogen and oxygen atoms in total. The molecule has 0 bridgehead atoms. The van der Waals surface area contributed by atoms with Crippen LogP contribution in [0, 0.1) is 0 Å². The van der Waals surface area contributed by atoms with Gasteiger partial charge in [0.1, 0.15) is 17.4 Å². The predicted octanol–water partition coefficient (Wildman–Crippen LogP) is 4.73. The number of fused-ring (bicyclic) bond motifs is 1. The van der Waals surface area contributed by atoms with Crippen molar-refractivity contribution in [3.05, 3.63) is 70.2 Å². The molecule has 1 atom stereocenters. The highest BCUT2D eigenvalue weighted by Gasteiger charge is 2.21. The molecule has 2 aromatic carbocycles. The molecule has 1 unspecified atom stereocenters. The molecule has 1 aliphatic carbocycles. The van der Waals surface area contributed by atoms with E-state index >= 15 is 0 Å². The number of rotatable bonds is 4. The summed E-state index contributed by atoms with van der Waals surface area (Å²) in [6.45, 7) is 0.509. The molecule has 0 amide bonds. The fraction of sp³-hybridized carbons (Fsp3) is 0.250. The van der Waals surface area contributed by atoms with Crippen LogP contribution in [0.3, 0.4) is 0 Å². The molecule has 0 spiro atoms. The van der Waals surface area contributed by atoms with Crippen LogP contribution in [-0.4, -0.2) is 4.98 Å². The second kappa shape index (κ2) is 6.75. The van der Waals surface area contributed by atoms with Crippen molar-refractivity contribution in [3.63, 3.8) is 0 Å². The van der Waals surface area contributed by atoms with E-state index in [9.17, 15) is 0 Å². The number of hydrogen-bond acceptors (Lipinski definition) is 4. The molecule has 0 saturated carbocycles. The highest BCUT2D eigenvalue weighted by molar-refractivity contribution is 7.11. The molecule has 122 valence electrons. The van der Waals surface area contributed by atoms with Gasteiger partial charge in [0.2, 0.25) is 0 Å². The van der Waals surface area contributed by atoms with Crippen LogP contribution in [-0.2, 0) is 13.0 Å². The third-order valence-electron chi connectivity index (χ3n) is 4.36. The van der Waals surface area contributed by atoms with Crippen LogP contribution < -0.4 is 10.5 Å². The van der Waals surface area contributed by atoms with Crippen molar-refractivity contribution in [2.24, 2.45) is 5.73 Å². The molecule has 0 radical (unpaired) electrons. The Labute approximate surface area is 146 Å². The van der Waals surface area contributed by atoms with Gasteiger partial charge in [0.25, 0.3) is 0 Å². The first-order chi connectivity index (χ1) is 11.8. The smallest absolute Gasteiger partial charge is 0.140 e. The Morgan fingerprint density at radius 1 is 1.04 bits per heavy atom. The maximum atomic E-state index is 6.17. The topological polar surface area (TPSA) is 48.1 Å². The van der Waals surface area contributed by atoms with Gasteiger partial charge in [0, 0.05) is 10.9 Å². The van der Waals surface area contributed by atoms with E-state index in [0.717, 1.165) is 30.0 Å². The minimum Gasteiger partial charge on any atom is -0.486 e. The van der Waals surface area contributed by atoms with E-state index in [1.54, 1.807) is 11.3 Å². The highest BCUT2D eigenvalue weighted by atomic mass is 32.1. The molecule has 0 aliphatic heterocycles. The Morgan fingerprint density at radius 3 is 2.54 bits per heavy atom. The van der Waals surface area contributed by atoms with Gasteiger partial charge in [-0.05, 0) is 42.5 Å². The van der Waals surface area contributed by atoms with Crippen LogP contribution in [0.25, 0.3) is 11.1 Å². The molecule has 3 aromatic rings. The van der Waals surface area contributed by atoms with Gasteiger partial charge < -0.3 is 10.5 Å². The number of aromatic nitrogens is 1. The van der Waals surface area contributed by atoms with Crippen molar-refractivity contribution in [2.45, 2.75) is 31.9 Å². The van der Waals surface area contributed by atoms with Gasteiger partial charge in [-0.2, -0.15) is 0 Å². The summed E-state index contributed by atoms with van der Waals surface area (Å²) in [5.74, 6) is 0.868. The third-order valence-corrected chi connectivity index (χ3v) is 5.56. The maximum absolute atomic E-state index is 6.17. The van der Waals surface area contributed by atoms with Crippen molar-refractivity contribution in [2.75, 3.05) is 0 Å². The molecule has 1 aliphatic rings. The van der Waals surface area contributed by atoms with Crippen LogP contribution in [0.2, 0.25) is 0 Å². The largest absolute Gasteiger partial charge is 0.486 e. The number of benzene rings is 2. The summed E-state index contributed by atoms with van der Waals surface area (Å²) in [6.07, 6.45) is 3.25. The SMILES string of the molecule is NC1CCCc2nc(COc3ccc(-c4ccccc4)cc3)sc21. The lowest BCUT2D eigenvalue weighted by Gasteiger charge is -2.15. The first kappa shape index (κ1) is 15.4. The van der Waals surface area contributed by atoms with Crippen molar-refractivity contribution >= 4 is 11.3 Å². The van der Waals surface area contributed by atoms with E-state index in [4.69, 9.17) is 15.5 Å². The second-order valence-electron chi connectivity index (χ2n) is 6.10. The van der Waals surface area contributed by atoms with Gasteiger partial charge in [0.15, 0.2) is 0 Å². The van der Waals surface area contributed by atoms with Gasteiger partial charge in [-0.15, -0.1) is 11.3 Å². The Balaban J connectivity index is 1.43. The minimum absolute atomic E-state index is 0.158. The summed E-state index contributed by atoms with van der Waals surface area (Å²) < 4.78 is 5.90. The van der Waals surface area contributed by atoms with Crippen molar-refractivity contribution < 1.29 is 4.74 Å². The van der Waals surface area contributed by atoms with Crippen LogP contribution in [0.15, 0.2) is 54.6 Å². The van der Waals surface area contributed by atoms with Gasteiger partial charge in [-0.3, -0.25) is 0 Å². The van der Waals surface area contributed by atoms with Crippen LogP contribution >= 0.6 is 11.3 Å². The number of thiazole rings is 1. The molecule has 0 saturated heterocycles. The van der Waals surface area contributed by atoms with Crippen LogP contribution in [0.4, 0.5) is 0 Å². The molecule has 4 rings (SSSR count). The summed E-state index contributed by atoms with van der Waals surface area (Å²) in [5.41, 5.74) is 9.75. The Morgan fingerprint density at radius 2 is 1.79 bits per heavy atom. The molecule has 2 N–H and O–H groups in total. The molecular formula is C20H20N2OS. The molecular weight excluding hydrogens is 316 g/mol. The zero-order valence-electron chi connectivity index (χ0n) is 13.4. The van der Waals surface area contributed by atoms with Crippen molar-refractivity contribution in [1.29, 1.82) is 0 Å². The van der Waals surface area contributed by atoms with Gasteiger partial charge in [-0.1, -0.05) is 42.5 Å². The van der Waals surface area contributed by atoms with Gasteiger partial charge in [-0.25, -0.2) is 4.98 Å². The highest BCUT2D eigenvalue weighted by Crippen LogP contribution is 2.33. The number of hydrogen-bond donors (Lipinski definition) is 1. The summed E-state index contributed by atoms with van der Waals surface area (Å²) in [5, 5.41) is 1.02. The van der Waals surface area contributed by atoms with E-state index in [1.807, 2.05) is 18.2 Å². The Hall–Kier alpha value is -2.17. The normalized spacial score (nSPS) is 16.6. The number of ether oxygens (including phenoxy) is 1. The molecule has 4 heteroatoms. The van der Waals surface area contributed by atoms with E-state index < -0.39 is 0 Å². The van der Waals surface area contributed by atoms with Gasteiger partial charge >= 0.3 is 0 Å². The fourth-order valence-corrected chi connectivity index (χ4v) is 4.15. The number of aryl methyl sites for hydroxylation is 1. The van der Waals surface area contributed by atoms with E-state index in [-0.39, 0.29) is 6.04 Å². The number of nitrogens with two attached hydrogens (primary N) is 1. The zero-order chi connectivity index (χ0) is 16.4. The van der Waals surface area contributed by atoms with Crippen molar-refractivity contribution in [1.82, 2.24) is 4.98 Å². The maximum Gasteiger partial charge on any atom is 0.140 e. The quantitative estimate of drug-likeness (QED) is 0.749. The molecule has 1 aromatic heterocycles. The fourth-order valence-electron chi connectivity index (χ4n) is 3.08.